The molecule has 0 aromatic heterocycles. The molecule has 0 radical (unpaired) electrons. The fourth-order valence-electron chi connectivity index (χ4n) is 2.33. The summed E-state index contributed by atoms with van der Waals surface area (Å²) in [6.07, 6.45) is 0. The number of benzene rings is 1. The summed E-state index contributed by atoms with van der Waals surface area (Å²) in [4.78, 5) is 0.0874. The molecule has 0 bridgehead atoms. The smallest absolute Gasteiger partial charge is 0.240 e. The van der Waals surface area contributed by atoms with Gasteiger partial charge in [-0.25, -0.2) is 25.9 Å². The van der Waals surface area contributed by atoms with Gasteiger partial charge in [0.25, 0.3) is 0 Å². The van der Waals surface area contributed by atoms with Crippen LogP contribution in [0.3, 0.4) is 0 Å². The normalized spacial score (nSPS) is 22.0. The van der Waals surface area contributed by atoms with Crippen molar-refractivity contribution in [3.63, 3.8) is 0 Å². The van der Waals surface area contributed by atoms with Gasteiger partial charge in [0.2, 0.25) is 20.0 Å². The van der Waals surface area contributed by atoms with Crippen LogP contribution in [0.15, 0.2) is 29.2 Å². The second kappa shape index (κ2) is 7.36. The quantitative estimate of drug-likeness (QED) is 0.710. The summed E-state index contributed by atoms with van der Waals surface area (Å²) in [6, 6.07) is 5.37. The SMILES string of the molecule is COc1ccc(S(=O)(=O)N[C@H]2COC[C@H]2CS(=O)(=O)N(C)C)cc1. The first-order chi connectivity index (χ1) is 11.2. The van der Waals surface area contributed by atoms with Crippen molar-refractivity contribution in [1.82, 2.24) is 9.03 Å². The summed E-state index contributed by atoms with van der Waals surface area (Å²) in [7, 11) is -2.83. The van der Waals surface area contributed by atoms with E-state index in [-0.39, 0.29) is 23.9 Å². The number of methoxy groups -OCH3 is 1. The maximum atomic E-state index is 12.5. The van der Waals surface area contributed by atoms with Crippen LogP contribution in [0.25, 0.3) is 0 Å². The molecule has 8 nitrogen and oxygen atoms in total. The molecule has 0 amide bonds. The highest BCUT2D eigenvalue weighted by atomic mass is 32.2. The lowest BCUT2D eigenvalue weighted by Gasteiger charge is -2.21. The molecule has 136 valence electrons. The molecule has 1 N–H and O–H groups in total. The Morgan fingerprint density at radius 2 is 1.79 bits per heavy atom. The minimum atomic E-state index is -3.77. The highest BCUT2D eigenvalue weighted by Gasteiger charge is 2.35. The third kappa shape index (κ3) is 4.45. The minimum Gasteiger partial charge on any atom is -0.497 e. The van der Waals surface area contributed by atoms with Crippen LogP contribution in [-0.2, 0) is 24.8 Å². The third-order valence-electron chi connectivity index (χ3n) is 3.86. The number of rotatable bonds is 7. The van der Waals surface area contributed by atoms with E-state index >= 15 is 0 Å². The summed E-state index contributed by atoms with van der Waals surface area (Å²) in [5, 5.41) is 0. The number of sulfonamides is 2. The molecule has 2 rings (SSSR count). The molecular formula is C14H22N2O6S2. The summed E-state index contributed by atoms with van der Waals surface area (Å²) in [6.45, 7) is 0.339. The lowest BCUT2D eigenvalue weighted by atomic mass is 10.1. The molecule has 1 aromatic rings. The first-order valence-electron chi connectivity index (χ1n) is 7.30. The first kappa shape index (κ1) is 19.1. The Morgan fingerprint density at radius 3 is 2.33 bits per heavy atom. The van der Waals surface area contributed by atoms with Crippen molar-refractivity contribution in [2.75, 3.05) is 40.2 Å². The highest BCUT2D eigenvalue weighted by molar-refractivity contribution is 7.89. The van der Waals surface area contributed by atoms with Gasteiger partial charge >= 0.3 is 0 Å². The molecule has 1 aliphatic heterocycles. The van der Waals surface area contributed by atoms with E-state index in [1.54, 1.807) is 12.1 Å². The van der Waals surface area contributed by atoms with Crippen LogP contribution < -0.4 is 9.46 Å². The summed E-state index contributed by atoms with van der Waals surface area (Å²) in [5.41, 5.74) is 0. The van der Waals surface area contributed by atoms with Gasteiger partial charge in [0.05, 0.1) is 37.0 Å². The van der Waals surface area contributed by atoms with Crippen LogP contribution in [0.5, 0.6) is 5.75 Å². The first-order valence-corrected chi connectivity index (χ1v) is 10.4. The van der Waals surface area contributed by atoms with E-state index in [4.69, 9.17) is 9.47 Å². The number of hydrogen-bond acceptors (Lipinski definition) is 6. The number of hydrogen-bond donors (Lipinski definition) is 1. The van der Waals surface area contributed by atoms with Crippen molar-refractivity contribution in [3.8, 4) is 5.75 Å². The summed E-state index contributed by atoms with van der Waals surface area (Å²) < 4.78 is 62.9. The van der Waals surface area contributed by atoms with Crippen LogP contribution in [-0.4, -0.2) is 67.4 Å². The Hall–Kier alpha value is -1.20. The van der Waals surface area contributed by atoms with E-state index in [0.29, 0.717) is 5.75 Å². The van der Waals surface area contributed by atoms with Crippen molar-refractivity contribution in [2.24, 2.45) is 5.92 Å². The van der Waals surface area contributed by atoms with Crippen molar-refractivity contribution in [2.45, 2.75) is 10.9 Å². The van der Waals surface area contributed by atoms with Gasteiger partial charge in [-0.05, 0) is 24.3 Å². The molecule has 1 fully saturated rings. The minimum absolute atomic E-state index is 0.0874. The second-order valence-electron chi connectivity index (χ2n) is 5.76. The van der Waals surface area contributed by atoms with E-state index in [2.05, 4.69) is 4.72 Å². The molecule has 0 spiro atoms. The van der Waals surface area contributed by atoms with Crippen molar-refractivity contribution < 1.29 is 26.3 Å². The molecule has 1 aliphatic rings. The molecule has 0 unspecified atom stereocenters. The van der Waals surface area contributed by atoms with E-state index in [0.717, 1.165) is 4.31 Å². The fourth-order valence-corrected chi connectivity index (χ4v) is 4.79. The third-order valence-corrected chi connectivity index (χ3v) is 7.32. The molecule has 0 saturated carbocycles. The standard InChI is InChI=1S/C14H22N2O6S2/c1-16(2)23(17,18)10-11-8-22-9-14(11)15-24(19,20)13-6-4-12(21-3)5-7-13/h4-7,11,14-15H,8-10H2,1-3H3/t11-,14-/m0/s1. The van der Waals surface area contributed by atoms with Gasteiger partial charge < -0.3 is 9.47 Å². The Bertz CT molecular complexity index is 759. The van der Waals surface area contributed by atoms with Crippen molar-refractivity contribution in [1.29, 1.82) is 0 Å². The van der Waals surface area contributed by atoms with Crippen LogP contribution in [0.1, 0.15) is 0 Å². The topological polar surface area (TPSA) is 102 Å². The Balaban J connectivity index is 2.12. The number of nitrogens with zero attached hydrogens (tertiary/aromatic N) is 1. The number of nitrogens with one attached hydrogen (secondary N) is 1. The maximum absolute atomic E-state index is 12.5. The molecule has 10 heteroatoms. The van der Waals surface area contributed by atoms with E-state index in [9.17, 15) is 16.8 Å². The largest absolute Gasteiger partial charge is 0.497 e. The van der Waals surface area contributed by atoms with Crippen molar-refractivity contribution >= 4 is 20.0 Å². The average Bonchev–Trinajstić information content (AvgIpc) is 2.92. The van der Waals surface area contributed by atoms with E-state index in [1.807, 2.05) is 0 Å². The molecule has 1 saturated heterocycles. The summed E-state index contributed by atoms with van der Waals surface area (Å²) >= 11 is 0. The molecule has 0 aliphatic carbocycles. The van der Waals surface area contributed by atoms with Gasteiger partial charge in [-0.3, -0.25) is 0 Å². The van der Waals surface area contributed by atoms with Crippen LogP contribution in [0, 0.1) is 5.92 Å². The van der Waals surface area contributed by atoms with Gasteiger partial charge in [0.1, 0.15) is 5.75 Å². The lowest BCUT2D eigenvalue weighted by molar-refractivity contribution is 0.185. The fraction of sp³-hybridized carbons (Fsp3) is 0.571. The molecule has 1 aromatic carbocycles. The van der Waals surface area contributed by atoms with Crippen LogP contribution in [0.4, 0.5) is 0 Å². The van der Waals surface area contributed by atoms with Crippen molar-refractivity contribution in [3.05, 3.63) is 24.3 Å². The maximum Gasteiger partial charge on any atom is 0.240 e. The van der Waals surface area contributed by atoms with Crippen LogP contribution in [0.2, 0.25) is 0 Å². The molecule has 1 heterocycles. The monoisotopic (exact) mass is 378 g/mol. The van der Waals surface area contributed by atoms with E-state index in [1.165, 1.54) is 33.3 Å². The average molecular weight is 378 g/mol. The Morgan fingerprint density at radius 1 is 1.17 bits per heavy atom. The summed E-state index contributed by atoms with van der Waals surface area (Å²) in [5.74, 6) is -0.0611. The van der Waals surface area contributed by atoms with Gasteiger partial charge in [0.15, 0.2) is 0 Å². The molecular weight excluding hydrogens is 356 g/mol. The van der Waals surface area contributed by atoms with Gasteiger partial charge in [0, 0.05) is 20.0 Å². The highest BCUT2D eigenvalue weighted by Crippen LogP contribution is 2.21. The predicted octanol–water partition coefficient (Wildman–Crippen LogP) is -0.120. The second-order valence-corrected chi connectivity index (χ2v) is 9.70. The van der Waals surface area contributed by atoms with Gasteiger partial charge in [-0.15, -0.1) is 0 Å². The van der Waals surface area contributed by atoms with Crippen LogP contribution >= 0.6 is 0 Å². The van der Waals surface area contributed by atoms with Gasteiger partial charge in [-0.2, -0.15) is 0 Å². The lowest BCUT2D eigenvalue weighted by Crippen LogP contribution is -2.43. The molecule has 24 heavy (non-hydrogen) atoms. The Kier molecular flexibility index (Phi) is 5.87. The predicted molar refractivity (Wildman–Crippen MR) is 88.9 cm³/mol. The Labute approximate surface area is 142 Å². The zero-order valence-corrected chi connectivity index (χ0v) is 15.4. The molecule has 2 atom stereocenters. The zero-order valence-electron chi connectivity index (χ0n) is 13.8. The van der Waals surface area contributed by atoms with E-state index < -0.39 is 32.0 Å². The zero-order chi connectivity index (χ0) is 18.0. The number of ether oxygens (including phenoxy) is 2. The van der Waals surface area contributed by atoms with Gasteiger partial charge in [-0.1, -0.05) is 0 Å².